The first-order chi connectivity index (χ1) is 8.30. The zero-order valence-corrected chi connectivity index (χ0v) is 13.4. The molecule has 1 N–H and O–H groups in total. The molecular formula is C15H28N2S. The number of rotatable bonds is 2. The molecule has 0 bridgehead atoms. The third kappa shape index (κ3) is 3.66. The lowest BCUT2D eigenvalue weighted by molar-refractivity contribution is 0.0925. The zero-order chi connectivity index (χ0) is 13.4. The average molecular weight is 268 g/mol. The predicted octanol–water partition coefficient (Wildman–Crippen LogP) is 4.06. The molecule has 1 unspecified atom stereocenters. The Morgan fingerprint density at radius 3 is 2.33 bits per heavy atom. The van der Waals surface area contributed by atoms with Crippen molar-refractivity contribution in [1.29, 1.82) is 0 Å². The molecule has 1 atom stereocenters. The normalized spacial score (nSPS) is 31.2. The summed E-state index contributed by atoms with van der Waals surface area (Å²) in [5, 5.41) is 4.90. The van der Waals surface area contributed by atoms with E-state index in [4.69, 9.17) is 4.99 Å². The smallest absolute Gasteiger partial charge is 0.157 e. The lowest BCUT2D eigenvalue weighted by Crippen LogP contribution is -2.45. The van der Waals surface area contributed by atoms with Gasteiger partial charge in [0, 0.05) is 11.8 Å². The molecule has 0 aromatic carbocycles. The lowest BCUT2D eigenvalue weighted by atomic mass is 9.63. The van der Waals surface area contributed by atoms with E-state index >= 15 is 0 Å². The van der Waals surface area contributed by atoms with Crippen LogP contribution in [0.15, 0.2) is 4.99 Å². The Morgan fingerprint density at radius 1 is 1.22 bits per heavy atom. The van der Waals surface area contributed by atoms with Crippen LogP contribution in [0.25, 0.3) is 0 Å². The minimum atomic E-state index is 0.452. The van der Waals surface area contributed by atoms with E-state index in [9.17, 15) is 0 Å². The van der Waals surface area contributed by atoms with Crippen LogP contribution in [0.1, 0.15) is 60.3 Å². The summed E-state index contributed by atoms with van der Waals surface area (Å²) in [6, 6.07) is 1.15. The minimum Gasteiger partial charge on any atom is -0.362 e. The van der Waals surface area contributed by atoms with Gasteiger partial charge in [0.15, 0.2) is 5.17 Å². The number of amidine groups is 1. The highest BCUT2D eigenvalue weighted by molar-refractivity contribution is 8.14. The maximum absolute atomic E-state index is 4.76. The summed E-state index contributed by atoms with van der Waals surface area (Å²) < 4.78 is 0. The summed E-state index contributed by atoms with van der Waals surface area (Å²) in [6.45, 7) is 11.8. The van der Waals surface area contributed by atoms with Crippen LogP contribution in [0.4, 0.5) is 0 Å². The van der Waals surface area contributed by atoms with Crippen LogP contribution in [-0.4, -0.2) is 23.0 Å². The minimum absolute atomic E-state index is 0.452. The van der Waals surface area contributed by atoms with E-state index in [1.807, 2.05) is 11.8 Å². The van der Waals surface area contributed by atoms with Crippen molar-refractivity contribution in [2.24, 2.45) is 15.8 Å². The van der Waals surface area contributed by atoms with Crippen LogP contribution in [0.5, 0.6) is 0 Å². The van der Waals surface area contributed by atoms with Gasteiger partial charge in [-0.2, -0.15) is 0 Å². The molecule has 0 radical (unpaired) electrons. The summed E-state index contributed by atoms with van der Waals surface area (Å²) in [6.07, 6.45) is 5.04. The fourth-order valence-corrected chi connectivity index (χ4v) is 4.96. The van der Waals surface area contributed by atoms with Crippen LogP contribution < -0.4 is 5.32 Å². The second-order valence-electron chi connectivity index (χ2n) is 7.56. The van der Waals surface area contributed by atoms with Gasteiger partial charge in [-0.1, -0.05) is 46.4 Å². The van der Waals surface area contributed by atoms with E-state index in [2.05, 4.69) is 39.9 Å². The third-order valence-corrected chi connectivity index (χ3v) is 5.11. The van der Waals surface area contributed by atoms with Gasteiger partial charge in [-0.15, -0.1) is 0 Å². The van der Waals surface area contributed by atoms with Crippen LogP contribution in [0, 0.1) is 10.8 Å². The largest absolute Gasteiger partial charge is 0.362 e. The first kappa shape index (κ1) is 14.2. The van der Waals surface area contributed by atoms with Gasteiger partial charge in [-0.25, -0.2) is 0 Å². The molecule has 1 aliphatic heterocycles. The van der Waals surface area contributed by atoms with Crippen LogP contribution in [-0.2, 0) is 0 Å². The van der Waals surface area contributed by atoms with E-state index in [0.717, 1.165) is 0 Å². The van der Waals surface area contributed by atoms with E-state index in [0.29, 0.717) is 22.9 Å². The molecule has 1 fully saturated rings. The summed E-state index contributed by atoms with van der Waals surface area (Å²) in [4.78, 5) is 4.76. The van der Waals surface area contributed by atoms with E-state index < -0.39 is 0 Å². The molecule has 0 aromatic heterocycles. The molecule has 1 heterocycles. The maximum Gasteiger partial charge on any atom is 0.157 e. The fourth-order valence-electron chi connectivity index (χ4n) is 3.83. The number of hydrogen-bond donors (Lipinski definition) is 1. The number of nitrogens with zero attached hydrogens (tertiary/aromatic N) is 1. The van der Waals surface area contributed by atoms with Crippen molar-refractivity contribution in [1.82, 2.24) is 5.32 Å². The first-order valence-electron chi connectivity index (χ1n) is 7.27. The lowest BCUT2D eigenvalue weighted by Gasteiger charge is -2.45. The van der Waals surface area contributed by atoms with Crippen LogP contribution in [0.3, 0.4) is 0 Å². The Kier molecular flexibility index (Phi) is 4.01. The number of thioether (sulfide) groups is 1. The summed E-state index contributed by atoms with van der Waals surface area (Å²) >= 11 is 1.91. The highest BCUT2D eigenvalue weighted by Gasteiger charge is 2.38. The molecule has 0 saturated heterocycles. The van der Waals surface area contributed by atoms with Crippen molar-refractivity contribution in [3.05, 3.63) is 0 Å². The van der Waals surface area contributed by atoms with Gasteiger partial charge in [0.25, 0.3) is 0 Å². The van der Waals surface area contributed by atoms with Gasteiger partial charge in [-0.05, 0) is 36.5 Å². The van der Waals surface area contributed by atoms with E-state index in [-0.39, 0.29) is 0 Å². The van der Waals surface area contributed by atoms with Crippen molar-refractivity contribution < 1.29 is 0 Å². The quantitative estimate of drug-likeness (QED) is 0.816. The summed E-state index contributed by atoms with van der Waals surface area (Å²) in [5.74, 6) is 1.17. The van der Waals surface area contributed by atoms with Gasteiger partial charge in [0.2, 0.25) is 0 Å². The molecule has 3 heteroatoms. The second-order valence-corrected chi connectivity index (χ2v) is 8.57. The highest BCUT2D eigenvalue weighted by atomic mass is 32.2. The third-order valence-electron chi connectivity index (χ3n) is 4.07. The SMILES string of the molecule is CCC1CSC(NC2CC(C)(C)CC(C)(C)C2)=N1. The average Bonchev–Trinajstić information content (AvgIpc) is 2.60. The molecule has 1 saturated carbocycles. The van der Waals surface area contributed by atoms with Gasteiger partial charge in [0.05, 0.1) is 6.04 Å². The first-order valence-corrected chi connectivity index (χ1v) is 8.25. The highest BCUT2D eigenvalue weighted by Crippen LogP contribution is 2.45. The van der Waals surface area contributed by atoms with Crippen molar-refractivity contribution in [2.45, 2.75) is 72.4 Å². The monoisotopic (exact) mass is 268 g/mol. The van der Waals surface area contributed by atoms with Gasteiger partial charge in [0.1, 0.15) is 0 Å². The second kappa shape index (κ2) is 5.07. The van der Waals surface area contributed by atoms with Crippen molar-refractivity contribution >= 4 is 16.9 Å². The number of hydrogen-bond acceptors (Lipinski definition) is 3. The maximum atomic E-state index is 4.76. The molecular weight excluding hydrogens is 240 g/mol. The van der Waals surface area contributed by atoms with Crippen molar-refractivity contribution in [3.8, 4) is 0 Å². The Morgan fingerprint density at radius 2 is 1.83 bits per heavy atom. The Bertz CT molecular complexity index is 317. The topological polar surface area (TPSA) is 24.4 Å². The molecule has 18 heavy (non-hydrogen) atoms. The van der Waals surface area contributed by atoms with Crippen molar-refractivity contribution in [3.63, 3.8) is 0 Å². The Hall–Kier alpha value is -0.180. The molecule has 2 rings (SSSR count). The van der Waals surface area contributed by atoms with Crippen LogP contribution in [0.2, 0.25) is 0 Å². The van der Waals surface area contributed by atoms with E-state index in [1.165, 1.54) is 36.6 Å². The van der Waals surface area contributed by atoms with E-state index in [1.54, 1.807) is 0 Å². The molecule has 0 amide bonds. The Labute approximate surface area is 116 Å². The summed E-state index contributed by atoms with van der Waals surface area (Å²) in [5.41, 5.74) is 0.904. The molecule has 0 spiro atoms. The zero-order valence-electron chi connectivity index (χ0n) is 12.5. The molecule has 0 aromatic rings. The standard InChI is InChI=1S/C15H28N2S/c1-6-11-9-18-13(16-11)17-12-7-14(2,3)10-15(4,5)8-12/h11-12H,6-10H2,1-5H3,(H,16,17). The molecule has 1 aliphatic carbocycles. The summed E-state index contributed by atoms with van der Waals surface area (Å²) in [7, 11) is 0. The number of nitrogens with one attached hydrogen (secondary N) is 1. The van der Waals surface area contributed by atoms with Gasteiger partial charge < -0.3 is 5.32 Å². The molecule has 2 aliphatic rings. The van der Waals surface area contributed by atoms with Gasteiger partial charge in [-0.3, -0.25) is 4.99 Å². The van der Waals surface area contributed by atoms with Gasteiger partial charge >= 0.3 is 0 Å². The van der Waals surface area contributed by atoms with Crippen LogP contribution >= 0.6 is 11.8 Å². The predicted molar refractivity (Wildman–Crippen MR) is 82.3 cm³/mol. The Balaban J connectivity index is 1.97. The van der Waals surface area contributed by atoms with Crippen molar-refractivity contribution in [2.75, 3.05) is 5.75 Å². The molecule has 2 nitrogen and oxygen atoms in total. The fraction of sp³-hybridized carbons (Fsp3) is 0.933. The number of aliphatic imine (C=N–C) groups is 1. The molecule has 104 valence electrons.